The van der Waals surface area contributed by atoms with Crippen LogP contribution in [0.1, 0.15) is 25.3 Å². The van der Waals surface area contributed by atoms with Crippen LogP contribution in [0.4, 0.5) is 0 Å². The molecule has 20 heavy (non-hydrogen) atoms. The highest BCUT2D eigenvalue weighted by atomic mass is 16.2. The molecular formula is C16H25N3O. The summed E-state index contributed by atoms with van der Waals surface area (Å²) in [5, 5.41) is 6.54. The molecule has 1 amide bonds. The Morgan fingerprint density at radius 2 is 2.10 bits per heavy atom. The minimum atomic E-state index is -0.417. The summed E-state index contributed by atoms with van der Waals surface area (Å²) in [7, 11) is 2.11. The Hall–Kier alpha value is -1.39. The molecule has 1 atom stereocenters. The van der Waals surface area contributed by atoms with Crippen molar-refractivity contribution in [2.24, 2.45) is 0 Å². The molecular weight excluding hydrogens is 250 g/mol. The van der Waals surface area contributed by atoms with Gasteiger partial charge in [-0.3, -0.25) is 4.79 Å². The molecule has 0 spiro atoms. The van der Waals surface area contributed by atoms with E-state index in [1.54, 1.807) is 0 Å². The largest absolute Gasteiger partial charge is 0.350 e. The fourth-order valence-corrected chi connectivity index (χ4v) is 2.67. The molecule has 0 unspecified atom stereocenters. The van der Waals surface area contributed by atoms with E-state index in [2.05, 4.69) is 29.5 Å². The minimum absolute atomic E-state index is 0.124. The maximum Gasteiger partial charge on any atom is 0.240 e. The number of nitrogens with one attached hydrogen (secondary N) is 2. The Bertz CT molecular complexity index is 435. The van der Waals surface area contributed by atoms with Crippen LogP contribution in [0.2, 0.25) is 0 Å². The molecule has 1 aliphatic heterocycles. The molecule has 2 N–H and O–H groups in total. The van der Waals surface area contributed by atoms with Gasteiger partial charge < -0.3 is 15.5 Å². The van der Waals surface area contributed by atoms with Crippen molar-refractivity contribution >= 4 is 5.91 Å². The van der Waals surface area contributed by atoms with E-state index in [1.807, 2.05) is 30.3 Å². The first-order valence-corrected chi connectivity index (χ1v) is 7.42. The average Bonchev–Trinajstić information content (AvgIpc) is 2.68. The molecule has 0 saturated carbocycles. The summed E-state index contributed by atoms with van der Waals surface area (Å²) in [4.78, 5) is 14.9. The van der Waals surface area contributed by atoms with Gasteiger partial charge in [0.2, 0.25) is 5.91 Å². The molecule has 1 saturated heterocycles. The van der Waals surface area contributed by atoms with Gasteiger partial charge >= 0.3 is 0 Å². The number of rotatable bonds is 4. The molecule has 0 aromatic heterocycles. The number of nitrogens with zero attached hydrogens (tertiary/aromatic N) is 1. The van der Waals surface area contributed by atoms with E-state index in [4.69, 9.17) is 0 Å². The van der Waals surface area contributed by atoms with Crippen molar-refractivity contribution in [1.29, 1.82) is 0 Å². The summed E-state index contributed by atoms with van der Waals surface area (Å²) in [6, 6.07) is 10.0. The normalized spacial score (nSPS) is 24.1. The molecule has 2 rings (SSSR count). The molecule has 110 valence electrons. The van der Waals surface area contributed by atoms with Crippen molar-refractivity contribution < 1.29 is 4.79 Å². The summed E-state index contributed by atoms with van der Waals surface area (Å²) in [6.07, 6.45) is 1.68. The van der Waals surface area contributed by atoms with E-state index in [0.717, 1.165) is 38.0 Å². The van der Waals surface area contributed by atoms with Crippen molar-refractivity contribution in [2.45, 2.75) is 31.8 Å². The number of amides is 1. The second kappa shape index (κ2) is 6.86. The van der Waals surface area contributed by atoms with E-state index in [1.165, 1.54) is 0 Å². The predicted molar refractivity (Wildman–Crippen MR) is 81.4 cm³/mol. The van der Waals surface area contributed by atoms with Crippen molar-refractivity contribution in [3.63, 3.8) is 0 Å². The number of benzene rings is 1. The first kappa shape index (κ1) is 15.0. The van der Waals surface area contributed by atoms with Crippen LogP contribution in [0.15, 0.2) is 30.3 Å². The highest BCUT2D eigenvalue weighted by molar-refractivity contribution is 5.86. The summed E-state index contributed by atoms with van der Waals surface area (Å²) in [5.74, 6) is 0.124. The molecule has 0 bridgehead atoms. The van der Waals surface area contributed by atoms with Crippen LogP contribution in [-0.2, 0) is 11.3 Å². The van der Waals surface area contributed by atoms with Crippen molar-refractivity contribution in [1.82, 2.24) is 15.5 Å². The molecule has 4 nitrogen and oxygen atoms in total. The number of carbonyl (C=O) groups excluding carboxylic acids is 1. The van der Waals surface area contributed by atoms with E-state index in [-0.39, 0.29) is 5.91 Å². The van der Waals surface area contributed by atoms with Crippen LogP contribution >= 0.6 is 0 Å². The fraction of sp³-hybridized carbons (Fsp3) is 0.562. The second-order valence-electron chi connectivity index (χ2n) is 5.58. The van der Waals surface area contributed by atoms with Gasteiger partial charge in [0.25, 0.3) is 0 Å². The molecule has 0 radical (unpaired) electrons. The van der Waals surface area contributed by atoms with Gasteiger partial charge in [-0.1, -0.05) is 37.3 Å². The maximum atomic E-state index is 12.6. The van der Waals surface area contributed by atoms with Crippen molar-refractivity contribution in [3.05, 3.63) is 35.9 Å². The lowest BCUT2D eigenvalue weighted by Crippen LogP contribution is -2.56. The second-order valence-corrected chi connectivity index (χ2v) is 5.58. The number of hydrogen-bond donors (Lipinski definition) is 2. The first-order valence-electron chi connectivity index (χ1n) is 7.42. The van der Waals surface area contributed by atoms with Crippen LogP contribution in [0.3, 0.4) is 0 Å². The first-order chi connectivity index (χ1) is 9.66. The third-order valence-electron chi connectivity index (χ3n) is 4.21. The van der Waals surface area contributed by atoms with Gasteiger partial charge in [0.15, 0.2) is 0 Å². The minimum Gasteiger partial charge on any atom is -0.350 e. The number of hydrogen-bond acceptors (Lipinski definition) is 3. The van der Waals surface area contributed by atoms with Gasteiger partial charge in [-0.25, -0.2) is 0 Å². The topological polar surface area (TPSA) is 44.4 Å². The van der Waals surface area contributed by atoms with Gasteiger partial charge in [0.1, 0.15) is 0 Å². The number of carbonyl (C=O) groups is 1. The summed E-state index contributed by atoms with van der Waals surface area (Å²) in [5.41, 5.74) is 0.720. The van der Waals surface area contributed by atoms with Crippen LogP contribution in [0.5, 0.6) is 0 Å². The number of likely N-dealkylation sites (N-methyl/N-ethyl adjacent to an activating group) is 1. The van der Waals surface area contributed by atoms with E-state index >= 15 is 0 Å². The predicted octanol–water partition coefficient (Wildman–Crippen LogP) is 1.38. The molecule has 1 aliphatic rings. The van der Waals surface area contributed by atoms with Gasteiger partial charge in [-0.15, -0.1) is 0 Å². The van der Waals surface area contributed by atoms with Crippen molar-refractivity contribution in [3.8, 4) is 0 Å². The summed E-state index contributed by atoms with van der Waals surface area (Å²) < 4.78 is 0. The molecule has 1 aromatic carbocycles. The lowest BCUT2D eigenvalue weighted by Gasteiger charge is -2.31. The van der Waals surface area contributed by atoms with Crippen LogP contribution < -0.4 is 10.6 Å². The summed E-state index contributed by atoms with van der Waals surface area (Å²) in [6.45, 7) is 5.50. The van der Waals surface area contributed by atoms with Gasteiger partial charge in [-0.2, -0.15) is 0 Å². The Balaban J connectivity index is 1.98. The van der Waals surface area contributed by atoms with E-state index < -0.39 is 5.54 Å². The van der Waals surface area contributed by atoms with Gasteiger partial charge in [-0.05, 0) is 25.5 Å². The molecule has 1 aromatic rings. The third-order valence-corrected chi connectivity index (χ3v) is 4.21. The molecule has 1 heterocycles. The molecule has 0 aliphatic carbocycles. The summed E-state index contributed by atoms with van der Waals surface area (Å²) >= 11 is 0. The van der Waals surface area contributed by atoms with Gasteiger partial charge in [0, 0.05) is 26.2 Å². The monoisotopic (exact) mass is 275 g/mol. The van der Waals surface area contributed by atoms with Crippen LogP contribution in [-0.4, -0.2) is 43.0 Å². The fourth-order valence-electron chi connectivity index (χ4n) is 2.67. The highest BCUT2D eigenvalue weighted by Gasteiger charge is 2.37. The molecule has 4 heteroatoms. The SMILES string of the molecule is CC[C@]1(C(=O)NCc2ccccc2)CCN(C)CCN1. The zero-order valence-electron chi connectivity index (χ0n) is 12.5. The Morgan fingerprint density at radius 1 is 1.35 bits per heavy atom. The lowest BCUT2D eigenvalue weighted by molar-refractivity contribution is -0.128. The highest BCUT2D eigenvalue weighted by Crippen LogP contribution is 2.18. The van der Waals surface area contributed by atoms with Gasteiger partial charge in [0.05, 0.1) is 5.54 Å². The quantitative estimate of drug-likeness (QED) is 0.872. The maximum absolute atomic E-state index is 12.6. The standard InChI is InChI=1S/C16H25N3O/c1-3-16(9-11-19(2)12-10-18-16)15(20)17-13-14-7-5-4-6-8-14/h4-8,18H,3,9-13H2,1-2H3,(H,17,20)/t16-/m1/s1. The average molecular weight is 275 g/mol. The lowest BCUT2D eigenvalue weighted by atomic mass is 9.90. The molecule has 1 fully saturated rings. The Labute approximate surface area is 121 Å². The van der Waals surface area contributed by atoms with Crippen LogP contribution in [0, 0.1) is 0 Å². The zero-order chi connectivity index (χ0) is 14.4. The van der Waals surface area contributed by atoms with E-state index in [0.29, 0.717) is 6.54 Å². The third kappa shape index (κ3) is 3.58. The Morgan fingerprint density at radius 3 is 2.80 bits per heavy atom. The van der Waals surface area contributed by atoms with E-state index in [9.17, 15) is 4.79 Å². The zero-order valence-corrected chi connectivity index (χ0v) is 12.5. The smallest absolute Gasteiger partial charge is 0.240 e. The Kier molecular flexibility index (Phi) is 5.15. The van der Waals surface area contributed by atoms with Crippen molar-refractivity contribution in [2.75, 3.05) is 26.7 Å². The van der Waals surface area contributed by atoms with Crippen LogP contribution in [0.25, 0.3) is 0 Å².